The molecule has 2 aromatic carbocycles. The van der Waals surface area contributed by atoms with Crippen molar-refractivity contribution in [2.75, 3.05) is 37.0 Å². The molecule has 0 bridgehead atoms. The van der Waals surface area contributed by atoms with E-state index in [1.807, 2.05) is 62.4 Å². The van der Waals surface area contributed by atoms with Crippen molar-refractivity contribution in [3.8, 4) is 11.5 Å². The van der Waals surface area contributed by atoms with E-state index in [9.17, 15) is 14.4 Å². The maximum absolute atomic E-state index is 13.6. The van der Waals surface area contributed by atoms with Crippen LogP contribution in [-0.2, 0) is 9.53 Å². The molecule has 1 fully saturated rings. The van der Waals surface area contributed by atoms with Gasteiger partial charge in [0, 0.05) is 32.4 Å². The zero-order valence-electron chi connectivity index (χ0n) is 24.3. The fourth-order valence-electron chi connectivity index (χ4n) is 5.73. The number of pyridine rings is 1. The zero-order chi connectivity index (χ0) is 30.1. The minimum absolute atomic E-state index is 0.0221. The molecule has 0 unspecified atom stereocenters. The Labute approximate surface area is 253 Å². The van der Waals surface area contributed by atoms with E-state index in [2.05, 4.69) is 15.6 Å². The Morgan fingerprint density at radius 3 is 2.72 bits per heavy atom. The van der Waals surface area contributed by atoms with Crippen molar-refractivity contribution in [2.45, 2.75) is 32.7 Å². The fraction of sp³-hybridized carbons (Fsp3) is 0.312. The first-order chi connectivity index (χ1) is 20.8. The number of piperidine rings is 1. The van der Waals surface area contributed by atoms with Crippen LogP contribution in [0.5, 0.6) is 11.5 Å². The number of hydrogen-bond acceptors (Lipinski definition) is 7. The second-order valence-corrected chi connectivity index (χ2v) is 11.9. The van der Waals surface area contributed by atoms with Crippen LogP contribution in [0.25, 0.3) is 10.2 Å². The number of likely N-dealkylation sites (tertiary alicyclic amines) is 1. The van der Waals surface area contributed by atoms with Crippen molar-refractivity contribution in [2.24, 2.45) is 5.92 Å². The molecule has 43 heavy (non-hydrogen) atoms. The normalized spacial score (nSPS) is 17.0. The van der Waals surface area contributed by atoms with Crippen LogP contribution >= 0.6 is 11.3 Å². The van der Waals surface area contributed by atoms with Crippen LogP contribution in [0.3, 0.4) is 0 Å². The summed E-state index contributed by atoms with van der Waals surface area (Å²) in [5.74, 6) is 0.874. The summed E-state index contributed by atoms with van der Waals surface area (Å²) >= 11 is 1.24. The minimum atomic E-state index is -0.367. The summed E-state index contributed by atoms with van der Waals surface area (Å²) in [5, 5.41) is 6.78. The molecule has 6 rings (SSSR count). The molecule has 4 heterocycles. The molecule has 2 aromatic heterocycles. The molecule has 2 aliphatic heterocycles. The molecule has 0 radical (unpaired) electrons. The van der Waals surface area contributed by atoms with E-state index in [0.717, 1.165) is 29.5 Å². The minimum Gasteiger partial charge on any atom is -0.457 e. The molecule has 2 atom stereocenters. The van der Waals surface area contributed by atoms with Crippen LogP contribution in [0.2, 0.25) is 0 Å². The van der Waals surface area contributed by atoms with Gasteiger partial charge in [0.1, 0.15) is 21.2 Å². The SMILES string of the molecule is COC[C@@H](C)C(=O)N1CCC[C@@H](NC(=O)c2sc3nccc4c3c2NC(=O)N4c2ccc(Oc3ccccc3)cc2C)C1. The lowest BCUT2D eigenvalue weighted by molar-refractivity contribution is -0.137. The molecule has 4 amide bonds. The number of urea groups is 1. The van der Waals surface area contributed by atoms with E-state index in [0.29, 0.717) is 52.2 Å². The van der Waals surface area contributed by atoms with Crippen molar-refractivity contribution >= 4 is 56.5 Å². The summed E-state index contributed by atoms with van der Waals surface area (Å²) < 4.78 is 11.1. The van der Waals surface area contributed by atoms with Crippen LogP contribution in [0.1, 0.15) is 35.0 Å². The highest BCUT2D eigenvalue weighted by Gasteiger charge is 2.34. The maximum atomic E-state index is 13.6. The van der Waals surface area contributed by atoms with E-state index in [4.69, 9.17) is 9.47 Å². The van der Waals surface area contributed by atoms with E-state index in [1.54, 1.807) is 29.2 Å². The molecular formula is C32H33N5O5S. The summed E-state index contributed by atoms with van der Waals surface area (Å²) in [6, 6.07) is 16.3. The van der Waals surface area contributed by atoms with Gasteiger partial charge in [0.2, 0.25) is 5.91 Å². The molecule has 11 heteroatoms. The summed E-state index contributed by atoms with van der Waals surface area (Å²) in [6.45, 7) is 5.22. The van der Waals surface area contributed by atoms with Gasteiger partial charge in [0.25, 0.3) is 5.91 Å². The van der Waals surface area contributed by atoms with Gasteiger partial charge in [0.05, 0.1) is 35.0 Å². The largest absolute Gasteiger partial charge is 0.457 e. The number of nitrogens with one attached hydrogen (secondary N) is 2. The van der Waals surface area contributed by atoms with Gasteiger partial charge >= 0.3 is 6.03 Å². The van der Waals surface area contributed by atoms with E-state index in [-0.39, 0.29) is 29.8 Å². The van der Waals surface area contributed by atoms with Crippen molar-refractivity contribution in [3.63, 3.8) is 0 Å². The van der Waals surface area contributed by atoms with E-state index >= 15 is 0 Å². The summed E-state index contributed by atoms with van der Waals surface area (Å²) in [4.78, 5) is 49.0. The molecule has 0 aliphatic carbocycles. The monoisotopic (exact) mass is 599 g/mol. The average Bonchev–Trinajstić information content (AvgIpc) is 3.38. The fourth-order valence-corrected chi connectivity index (χ4v) is 6.75. The quantitative estimate of drug-likeness (QED) is 0.254. The lowest BCUT2D eigenvalue weighted by Crippen LogP contribution is -2.51. The van der Waals surface area contributed by atoms with Gasteiger partial charge in [-0.15, -0.1) is 11.3 Å². The van der Waals surface area contributed by atoms with Crippen LogP contribution in [0.15, 0.2) is 60.8 Å². The topological polar surface area (TPSA) is 113 Å². The first-order valence-electron chi connectivity index (χ1n) is 14.3. The number of carbonyl (C=O) groups is 3. The van der Waals surface area contributed by atoms with Crippen LogP contribution < -0.4 is 20.3 Å². The first kappa shape index (κ1) is 28.6. The Morgan fingerprint density at radius 2 is 1.95 bits per heavy atom. The Bertz CT molecular complexity index is 1690. The van der Waals surface area contributed by atoms with Gasteiger partial charge in [-0.3, -0.25) is 14.5 Å². The number of nitrogens with zero attached hydrogens (tertiary/aromatic N) is 3. The number of methoxy groups -OCH3 is 1. The summed E-state index contributed by atoms with van der Waals surface area (Å²) in [5.41, 5.74) is 2.66. The van der Waals surface area contributed by atoms with Crippen molar-refractivity contribution in [1.29, 1.82) is 0 Å². The Kier molecular flexibility index (Phi) is 8.00. The summed E-state index contributed by atoms with van der Waals surface area (Å²) in [6.07, 6.45) is 3.21. The van der Waals surface area contributed by atoms with Crippen LogP contribution in [-0.4, -0.2) is 60.6 Å². The van der Waals surface area contributed by atoms with Gasteiger partial charge in [-0.1, -0.05) is 25.1 Å². The number of aromatic nitrogens is 1. The van der Waals surface area contributed by atoms with Gasteiger partial charge in [-0.25, -0.2) is 9.78 Å². The van der Waals surface area contributed by atoms with Gasteiger partial charge < -0.3 is 25.0 Å². The number of hydrogen-bond donors (Lipinski definition) is 2. The number of anilines is 3. The molecule has 0 spiro atoms. The lowest BCUT2D eigenvalue weighted by Gasteiger charge is -2.34. The number of amides is 4. The molecule has 2 N–H and O–H groups in total. The van der Waals surface area contributed by atoms with Crippen molar-refractivity contribution in [1.82, 2.24) is 15.2 Å². The standard InChI is InChI=1S/C32H33N5O5S/c1-19-16-23(42-22-9-5-4-6-10-22)11-12-24(19)37-25-13-14-33-30-26(25)27(35-32(37)40)28(43-30)29(38)34-21-8-7-15-36(17-21)31(39)20(2)18-41-3/h4-6,9-14,16,20-21H,7-8,15,17-18H2,1-3H3,(H,34,38)(H,35,40)/t20-,21-/m1/s1. The first-order valence-corrected chi connectivity index (χ1v) is 15.1. The van der Waals surface area contributed by atoms with Crippen LogP contribution in [0, 0.1) is 12.8 Å². The number of carbonyl (C=O) groups excluding carboxylic acids is 3. The zero-order valence-corrected chi connectivity index (χ0v) is 25.1. The Balaban J connectivity index is 1.25. The van der Waals surface area contributed by atoms with E-state index in [1.165, 1.54) is 11.3 Å². The number of aryl methyl sites for hydroxylation is 1. The molecule has 2 aliphatic rings. The highest BCUT2D eigenvalue weighted by atomic mass is 32.1. The second-order valence-electron chi connectivity index (χ2n) is 10.9. The third-order valence-corrected chi connectivity index (χ3v) is 8.84. The summed E-state index contributed by atoms with van der Waals surface area (Å²) in [7, 11) is 1.58. The average molecular weight is 600 g/mol. The molecule has 4 aromatic rings. The Hall–Kier alpha value is -4.48. The number of benzene rings is 2. The third kappa shape index (κ3) is 5.65. The van der Waals surface area contributed by atoms with Crippen LogP contribution in [0.4, 0.5) is 21.9 Å². The van der Waals surface area contributed by atoms with Crippen molar-refractivity contribution in [3.05, 3.63) is 71.2 Å². The molecule has 1 saturated heterocycles. The molecule has 10 nitrogen and oxygen atoms in total. The lowest BCUT2D eigenvalue weighted by atomic mass is 10.0. The van der Waals surface area contributed by atoms with Gasteiger partial charge in [-0.2, -0.15) is 0 Å². The van der Waals surface area contributed by atoms with Gasteiger partial charge in [0.15, 0.2) is 0 Å². The highest BCUT2D eigenvalue weighted by molar-refractivity contribution is 7.21. The predicted octanol–water partition coefficient (Wildman–Crippen LogP) is 6.08. The smallest absolute Gasteiger partial charge is 0.331 e. The highest BCUT2D eigenvalue weighted by Crippen LogP contribution is 2.46. The number of thiophene rings is 1. The third-order valence-electron chi connectivity index (χ3n) is 7.75. The molecule has 222 valence electrons. The number of rotatable bonds is 8. The maximum Gasteiger partial charge on any atom is 0.331 e. The van der Waals surface area contributed by atoms with E-state index < -0.39 is 0 Å². The predicted molar refractivity (Wildman–Crippen MR) is 167 cm³/mol. The number of para-hydroxylation sites is 1. The second kappa shape index (κ2) is 12.0. The molecular weight excluding hydrogens is 566 g/mol. The number of ether oxygens (including phenoxy) is 2. The van der Waals surface area contributed by atoms with Crippen molar-refractivity contribution < 1.29 is 23.9 Å². The van der Waals surface area contributed by atoms with Gasteiger partial charge in [-0.05, 0) is 61.7 Å². The molecule has 0 saturated carbocycles. The Morgan fingerprint density at radius 1 is 1.14 bits per heavy atom.